The highest BCUT2D eigenvalue weighted by molar-refractivity contribution is 5.11. The number of hydrogen-bond donors (Lipinski definition) is 0. The van der Waals surface area contributed by atoms with Crippen molar-refractivity contribution in [3.8, 4) is 6.07 Å². The Balaban J connectivity index is 3.04. The van der Waals surface area contributed by atoms with Gasteiger partial charge >= 0.3 is 0 Å². The van der Waals surface area contributed by atoms with Gasteiger partial charge in [-0.1, -0.05) is 0 Å². The number of hydrogen-bond acceptors (Lipinski definition) is 3. The highest BCUT2D eigenvalue weighted by Gasteiger charge is 1.87. The molecule has 0 aromatic carbocycles. The second kappa shape index (κ2) is 1.43. The molecule has 0 bridgehead atoms. The van der Waals surface area contributed by atoms with Crippen molar-refractivity contribution in [2.75, 3.05) is 0 Å². The molecule has 1 heterocycles. The van der Waals surface area contributed by atoms with Crippen molar-refractivity contribution in [3.05, 3.63) is 18.4 Å². The first kappa shape index (κ1) is 3.88. The van der Waals surface area contributed by atoms with Gasteiger partial charge in [-0.05, 0) is 0 Å². The number of aromatic nitrogens is 1. The molecule has 1 aromatic rings. The molecule has 0 N–H and O–H groups in total. The molecule has 0 spiro atoms. The molecule has 33 valence electrons. The van der Waals surface area contributed by atoms with E-state index in [1.807, 2.05) is 0 Å². The van der Waals surface area contributed by atoms with Crippen LogP contribution >= 0.6 is 0 Å². The van der Waals surface area contributed by atoms with Gasteiger partial charge in [0.15, 0.2) is 5.69 Å². The Kier molecular flexibility index (Phi) is 0.794. The van der Waals surface area contributed by atoms with Crippen molar-refractivity contribution in [1.82, 2.24) is 4.98 Å². The Morgan fingerprint density at radius 2 is 2.86 bits per heavy atom. The Bertz CT molecular complexity index is 172. The van der Waals surface area contributed by atoms with E-state index in [-0.39, 0.29) is 5.69 Å². The Morgan fingerprint density at radius 3 is 3.14 bits per heavy atom. The number of nitriles is 1. The molecule has 0 amide bonds. The fraction of sp³-hybridized carbons (Fsp3) is 0. The van der Waals surface area contributed by atoms with E-state index >= 15 is 0 Å². The first-order valence-electron chi connectivity index (χ1n) is 1.65. The van der Waals surface area contributed by atoms with E-state index < -0.39 is 0 Å². The van der Waals surface area contributed by atoms with Gasteiger partial charge in [-0.25, -0.2) is 0 Å². The van der Waals surface area contributed by atoms with Crippen LogP contribution < -0.4 is 0 Å². The highest BCUT2D eigenvalue weighted by atomic mass is 16.3. The van der Waals surface area contributed by atoms with Crippen molar-refractivity contribution in [2.45, 2.75) is 0 Å². The van der Waals surface area contributed by atoms with Crippen molar-refractivity contribution in [1.29, 1.82) is 5.26 Å². The van der Waals surface area contributed by atoms with Crippen LogP contribution in [0.5, 0.6) is 0 Å². The average molecular weight is 93.1 g/mol. The molecule has 0 aliphatic rings. The largest absolute Gasteiger partial charge is 0.440 e. The zero-order chi connectivity index (χ0) is 5.11. The molecule has 0 aliphatic heterocycles. The second-order valence-corrected chi connectivity index (χ2v) is 0.936. The highest BCUT2D eigenvalue weighted by Crippen LogP contribution is 1.86. The zero-order valence-corrected chi connectivity index (χ0v) is 3.38. The second-order valence-electron chi connectivity index (χ2n) is 0.936. The minimum absolute atomic E-state index is 0.264. The van der Waals surface area contributed by atoms with Crippen LogP contribution in [0.3, 0.4) is 0 Å². The van der Waals surface area contributed by atoms with E-state index in [2.05, 4.69) is 15.8 Å². The third-order valence-electron chi connectivity index (χ3n) is 0.504. The number of rotatable bonds is 0. The van der Waals surface area contributed by atoms with Crippen LogP contribution in [-0.2, 0) is 0 Å². The molecule has 3 heteroatoms. The summed E-state index contributed by atoms with van der Waals surface area (Å²) in [4.78, 5) is 3.38. The predicted octanol–water partition coefficient (Wildman–Crippen LogP) is 0.346. The lowest BCUT2D eigenvalue weighted by atomic mass is 10.6. The van der Waals surface area contributed by atoms with E-state index in [9.17, 15) is 0 Å². The molecule has 3 nitrogen and oxygen atoms in total. The Labute approximate surface area is 40.2 Å². The van der Waals surface area contributed by atoms with Gasteiger partial charge in [-0.3, -0.25) is 0 Å². The van der Waals surface area contributed by atoms with Gasteiger partial charge in [0.05, 0.1) is 0 Å². The lowest BCUT2D eigenvalue weighted by Gasteiger charge is -1.58. The maximum Gasteiger partial charge on any atom is 0.284 e. The number of nitrogens with zero attached hydrogens (tertiary/aromatic N) is 2. The summed E-state index contributed by atoms with van der Waals surface area (Å²) < 4.78 is 4.35. The fourth-order valence-electron chi connectivity index (χ4n) is 0.235. The first-order chi connectivity index (χ1) is 3.43. The van der Waals surface area contributed by atoms with Crippen LogP contribution in [-0.4, -0.2) is 4.98 Å². The molecule has 1 radical (unpaired) electrons. The molecule has 0 unspecified atom stereocenters. The molecule has 1 aromatic heterocycles. The summed E-state index contributed by atoms with van der Waals surface area (Å²) in [5.41, 5.74) is 0.264. The van der Waals surface area contributed by atoms with Crippen LogP contribution in [0.1, 0.15) is 5.69 Å². The van der Waals surface area contributed by atoms with E-state index in [0.717, 1.165) is 0 Å². The standard InChI is InChI=1S/C4HN2O/c5-1-4-2-7-3-6-4/h2H. The molecule has 1 rings (SSSR count). The SMILES string of the molecule is N#Cc1co[c]n1. The summed E-state index contributed by atoms with van der Waals surface area (Å²) in [5.74, 6) is 0. The van der Waals surface area contributed by atoms with Crippen LogP contribution in [0, 0.1) is 17.7 Å². The average Bonchev–Trinajstić information content (AvgIpc) is 2.14. The minimum Gasteiger partial charge on any atom is -0.440 e. The first-order valence-corrected chi connectivity index (χ1v) is 1.65. The molecule has 0 aliphatic carbocycles. The van der Waals surface area contributed by atoms with Gasteiger partial charge in [-0.15, -0.1) is 0 Å². The molecule has 0 saturated carbocycles. The lowest BCUT2D eigenvalue weighted by Crippen LogP contribution is -1.64. The van der Waals surface area contributed by atoms with Crippen molar-refractivity contribution >= 4 is 0 Å². The summed E-state index contributed by atoms with van der Waals surface area (Å²) in [6.07, 6.45) is 3.37. The van der Waals surface area contributed by atoms with Crippen LogP contribution in [0.25, 0.3) is 0 Å². The summed E-state index contributed by atoms with van der Waals surface area (Å²) in [7, 11) is 0. The lowest BCUT2D eigenvalue weighted by molar-refractivity contribution is 0.547. The summed E-state index contributed by atoms with van der Waals surface area (Å²) in [6.45, 7) is 0. The van der Waals surface area contributed by atoms with Crippen LogP contribution in [0.15, 0.2) is 10.7 Å². The minimum atomic E-state index is 0.264. The van der Waals surface area contributed by atoms with E-state index in [1.165, 1.54) is 6.26 Å². The van der Waals surface area contributed by atoms with Gasteiger partial charge in [0.2, 0.25) is 0 Å². The zero-order valence-electron chi connectivity index (χ0n) is 3.38. The number of oxazole rings is 1. The van der Waals surface area contributed by atoms with Crippen molar-refractivity contribution in [3.63, 3.8) is 0 Å². The van der Waals surface area contributed by atoms with E-state index in [0.29, 0.717) is 0 Å². The molecule has 7 heavy (non-hydrogen) atoms. The normalized spacial score (nSPS) is 7.86. The molecular formula is C4HN2O. The quantitative estimate of drug-likeness (QED) is 0.465. The van der Waals surface area contributed by atoms with E-state index in [1.54, 1.807) is 6.07 Å². The summed E-state index contributed by atoms with van der Waals surface area (Å²) in [5, 5.41) is 8.03. The van der Waals surface area contributed by atoms with E-state index in [4.69, 9.17) is 5.26 Å². The van der Waals surface area contributed by atoms with Crippen LogP contribution in [0.4, 0.5) is 0 Å². The third kappa shape index (κ3) is 0.578. The Morgan fingerprint density at radius 1 is 2.00 bits per heavy atom. The monoisotopic (exact) mass is 93.0 g/mol. The Hall–Kier alpha value is -1.30. The van der Waals surface area contributed by atoms with Gasteiger partial charge in [0.25, 0.3) is 6.39 Å². The maximum atomic E-state index is 8.03. The van der Waals surface area contributed by atoms with Crippen molar-refractivity contribution < 1.29 is 4.42 Å². The van der Waals surface area contributed by atoms with Crippen molar-refractivity contribution in [2.24, 2.45) is 0 Å². The van der Waals surface area contributed by atoms with Gasteiger partial charge in [-0.2, -0.15) is 10.2 Å². The van der Waals surface area contributed by atoms with Gasteiger partial charge < -0.3 is 4.42 Å². The molecule has 0 fully saturated rings. The predicted molar refractivity (Wildman–Crippen MR) is 20.1 cm³/mol. The molecule has 0 atom stereocenters. The third-order valence-corrected chi connectivity index (χ3v) is 0.504. The fourth-order valence-corrected chi connectivity index (χ4v) is 0.235. The summed E-state index contributed by atoms with van der Waals surface area (Å²) >= 11 is 0. The van der Waals surface area contributed by atoms with Crippen LogP contribution in [0.2, 0.25) is 0 Å². The summed E-state index contributed by atoms with van der Waals surface area (Å²) in [6, 6.07) is 1.77. The molecular weight excluding hydrogens is 92.1 g/mol. The smallest absolute Gasteiger partial charge is 0.284 e. The van der Waals surface area contributed by atoms with Gasteiger partial charge in [0, 0.05) is 0 Å². The molecule has 0 saturated heterocycles. The maximum absolute atomic E-state index is 8.03. The topological polar surface area (TPSA) is 49.8 Å². The van der Waals surface area contributed by atoms with Gasteiger partial charge in [0.1, 0.15) is 12.3 Å².